The summed E-state index contributed by atoms with van der Waals surface area (Å²) in [6, 6.07) is 24.8. The molecule has 0 aliphatic carbocycles. The van der Waals surface area contributed by atoms with Gasteiger partial charge in [0.15, 0.2) is 11.5 Å². The standard InChI is InChI=1S/C24H21N3O3S/c1-29-20-13-7-8-14-21(20)30-16-18-11-5-6-12-19(18)23(28)25-24-27-26-22(31-24)15-17-9-3-2-4-10-17/h2-14H,15-16H2,1H3,(H,25,27,28). The Morgan fingerprint density at radius 2 is 1.61 bits per heavy atom. The Morgan fingerprint density at radius 3 is 2.42 bits per heavy atom. The quantitative estimate of drug-likeness (QED) is 0.426. The SMILES string of the molecule is COc1ccccc1OCc1ccccc1C(=O)Nc1nnc(Cc2ccccc2)s1. The van der Waals surface area contributed by atoms with E-state index in [1.807, 2.05) is 72.8 Å². The Balaban J connectivity index is 1.43. The molecule has 31 heavy (non-hydrogen) atoms. The number of ether oxygens (including phenoxy) is 2. The highest BCUT2D eigenvalue weighted by Crippen LogP contribution is 2.27. The lowest BCUT2D eigenvalue weighted by molar-refractivity contribution is 0.102. The van der Waals surface area contributed by atoms with Crippen molar-refractivity contribution in [3.05, 3.63) is 101 Å². The lowest BCUT2D eigenvalue weighted by atomic mass is 10.1. The summed E-state index contributed by atoms with van der Waals surface area (Å²) in [4.78, 5) is 12.9. The number of nitrogens with one attached hydrogen (secondary N) is 1. The second-order valence-corrected chi connectivity index (χ2v) is 7.78. The van der Waals surface area contributed by atoms with Gasteiger partial charge in [-0.25, -0.2) is 0 Å². The summed E-state index contributed by atoms with van der Waals surface area (Å²) in [6.45, 7) is 0.235. The van der Waals surface area contributed by atoms with Crippen molar-refractivity contribution in [1.82, 2.24) is 10.2 Å². The number of rotatable bonds is 8. The van der Waals surface area contributed by atoms with E-state index in [0.29, 0.717) is 28.6 Å². The molecule has 0 aliphatic heterocycles. The van der Waals surface area contributed by atoms with Gasteiger partial charge in [0, 0.05) is 17.5 Å². The number of carbonyl (C=O) groups excluding carboxylic acids is 1. The summed E-state index contributed by atoms with van der Waals surface area (Å²) < 4.78 is 11.2. The predicted octanol–water partition coefficient (Wildman–Crippen LogP) is 4.97. The van der Waals surface area contributed by atoms with Crippen LogP contribution in [0.2, 0.25) is 0 Å². The van der Waals surface area contributed by atoms with Crippen LogP contribution in [0.15, 0.2) is 78.9 Å². The van der Waals surface area contributed by atoms with E-state index in [2.05, 4.69) is 15.5 Å². The third kappa shape index (κ3) is 5.26. The van der Waals surface area contributed by atoms with E-state index >= 15 is 0 Å². The highest BCUT2D eigenvalue weighted by atomic mass is 32.1. The molecule has 1 amide bonds. The maximum Gasteiger partial charge on any atom is 0.257 e. The number of hydrogen-bond donors (Lipinski definition) is 1. The number of nitrogens with zero attached hydrogens (tertiary/aromatic N) is 2. The van der Waals surface area contributed by atoms with E-state index in [1.165, 1.54) is 11.3 Å². The predicted molar refractivity (Wildman–Crippen MR) is 121 cm³/mol. The number of para-hydroxylation sites is 2. The van der Waals surface area contributed by atoms with Crippen molar-refractivity contribution < 1.29 is 14.3 Å². The molecular formula is C24H21N3O3S. The third-order valence-corrected chi connectivity index (χ3v) is 5.44. The van der Waals surface area contributed by atoms with Crippen molar-refractivity contribution >= 4 is 22.4 Å². The largest absolute Gasteiger partial charge is 0.493 e. The van der Waals surface area contributed by atoms with Gasteiger partial charge >= 0.3 is 0 Å². The normalized spacial score (nSPS) is 10.5. The van der Waals surface area contributed by atoms with Gasteiger partial charge in [0.2, 0.25) is 5.13 Å². The number of amides is 1. The minimum atomic E-state index is -0.248. The number of hydrogen-bond acceptors (Lipinski definition) is 6. The lowest BCUT2D eigenvalue weighted by Gasteiger charge is -2.12. The molecule has 0 saturated heterocycles. The van der Waals surface area contributed by atoms with Gasteiger partial charge < -0.3 is 9.47 Å². The maximum absolute atomic E-state index is 12.9. The average Bonchev–Trinajstić information content (AvgIpc) is 3.25. The van der Waals surface area contributed by atoms with Crippen LogP contribution in [-0.2, 0) is 13.0 Å². The third-order valence-electron chi connectivity index (χ3n) is 4.60. The monoisotopic (exact) mass is 431 g/mol. The van der Waals surface area contributed by atoms with Gasteiger partial charge in [0.05, 0.1) is 7.11 Å². The van der Waals surface area contributed by atoms with Gasteiger partial charge in [-0.2, -0.15) is 0 Å². The summed E-state index contributed by atoms with van der Waals surface area (Å²) in [5.41, 5.74) is 2.44. The molecule has 4 aromatic rings. The van der Waals surface area contributed by atoms with Gasteiger partial charge in [0.1, 0.15) is 11.6 Å². The van der Waals surface area contributed by atoms with Crippen LogP contribution in [0.3, 0.4) is 0 Å². The Kier molecular flexibility index (Phi) is 6.54. The molecule has 156 valence electrons. The Bertz CT molecular complexity index is 1160. The second-order valence-electron chi connectivity index (χ2n) is 6.71. The number of methoxy groups -OCH3 is 1. The zero-order valence-electron chi connectivity index (χ0n) is 16.9. The minimum absolute atomic E-state index is 0.235. The molecule has 7 heteroatoms. The van der Waals surface area contributed by atoms with Gasteiger partial charge in [-0.3, -0.25) is 10.1 Å². The zero-order valence-corrected chi connectivity index (χ0v) is 17.8. The van der Waals surface area contributed by atoms with E-state index in [9.17, 15) is 4.79 Å². The molecular weight excluding hydrogens is 410 g/mol. The molecule has 1 aromatic heterocycles. The fourth-order valence-electron chi connectivity index (χ4n) is 3.07. The average molecular weight is 432 g/mol. The van der Waals surface area contributed by atoms with Gasteiger partial charge in [-0.15, -0.1) is 10.2 Å². The summed E-state index contributed by atoms with van der Waals surface area (Å²) in [5, 5.41) is 12.5. The fraction of sp³-hybridized carbons (Fsp3) is 0.125. The van der Waals surface area contributed by atoms with Crippen molar-refractivity contribution in [3.63, 3.8) is 0 Å². The van der Waals surface area contributed by atoms with Gasteiger partial charge in [-0.1, -0.05) is 72.0 Å². The molecule has 0 aliphatic rings. The van der Waals surface area contributed by atoms with Crippen LogP contribution in [0, 0.1) is 0 Å². The lowest BCUT2D eigenvalue weighted by Crippen LogP contribution is -2.15. The number of aromatic nitrogens is 2. The molecule has 0 unspecified atom stereocenters. The van der Waals surface area contributed by atoms with Crippen LogP contribution >= 0.6 is 11.3 Å². The smallest absolute Gasteiger partial charge is 0.257 e. The van der Waals surface area contributed by atoms with E-state index in [4.69, 9.17) is 9.47 Å². The molecule has 4 rings (SSSR count). The Labute approximate surface area is 184 Å². The van der Waals surface area contributed by atoms with E-state index < -0.39 is 0 Å². The van der Waals surface area contributed by atoms with Crippen LogP contribution in [0.5, 0.6) is 11.5 Å². The van der Waals surface area contributed by atoms with Crippen LogP contribution in [0.1, 0.15) is 26.5 Å². The molecule has 1 heterocycles. The highest BCUT2D eigenvalue weighted by Gasteiger charge is 2.15. The van der Waals surface area contributed by atoms with E-state index in [-0.39, 0.29) is 12.5 Å². The summed E-state index contributed by atoms with van der Waals surface area (Å²) in [6.07, 6.45) is 0.678. The molecule has 1 N–H and O–H groups in total. The van der Waals surface area contributed by atoms with Crippen LogP contribution in [0.4, 0.5) is 5.13 Å². The number of anilines is 1. The topological polar surface area (TPSA) is 73.3 Å². The Hall–Kier alpha value is -3.71. The molecule has 0 saturated carbocycles. The molecule has 3 aromatic carbocycles. The Morgan fingerprint density at radius 1 is 0.903 bits per heavy atom. The summed E-state index contributed by atoms with van der Waals surface area (Å²) in [5.74, 6) is 1.01. The van der Waals surface area contributed by atoms with Crippen molar-refractivity contribution in [1.29, 1.82) is 0 Å². The van der Waals surface area contributed by atoms with E-state index in [0.717, 1.165) is 16.1 Å². The first kappa shape index (κ1) is 20.6. The van der Waals surface area contributed by atoms with Crippen molar-refractivity contribution in [3.8, 4) is 11.5 Å². The van der Waals surface area contributed by atoms with Crippen molar-refractivity contribution in [2.24, 2.45) is 0 Å². The fourth-order valence-corrected chi connectivity index (χ4v) is 3.84. The summed E-state index contributed by atoms with van der Waals surface area (Å²) >= 11 is 1.37. The molecule has 6 nitrogen and oxygen atoms in total. The van der Waals surface area contributed by atoms with Gasteiger partial charge in [0.25, 0.3) is 5.91 Å². The van der Waals surface area contributed by atoms with Gasteiger partial charge in [-0.05, 0) is 23.8 Å². The molecule has 0 fully saturated rings. The maximum atomic E-state index is 12.9. The van der Waals surface area contributed by atoms with Crippen LogP contribution in [0.25, 0.3) is 0 Å². The second kappa shape index (κ2) is 9.86. The zero-order chi connectivity index (χ0) is 21.5. The first-order chi connectivity index (χ1) is 15.2. The van der Waals surface area contributed by atoms with E-state index in [1.54, 1.807) is 13.2 Å². The van der Waals surface area contributed by atoms with Crippen molar-refractivity contribution in [2.45, 2.75) is 13.0 Å². The molecule has 0 spiro atoms. The molecule has 0 radical (unpaired) electrons. The van der Waals surface area contributed by atoms with Crippen LogP contribution < -0.4 is 14.8 Å². The molecule has 0 bridgehead atoms. The first-order valence-corrected chi connectivity index (χ1v) is 10.6. The van der Waals surface area contributed by atoms with Crippen molar-refractivity contribution in [2.75, 3.05) is 12.4 Å². The summed E-state index contributed by atoms with van der Waals surface area (Å²) in [7, 11) is 1.59. The number of carbonyl (C=O) groups is 1. The first-order valence-electron chi connectivity index (χ1n) is 9.74. The highest BCUT2D eigenvalue weighted by molar-refractivity contribution is 7.15. The minimum Gasteiger partial charge on any atom is -0.493 e. The number of benzene rings is 3. The molecule has 0 atom stereocenters. The van der Waals surface area contributed by atoms with Crippen LogP contribution in [-0.4, -0.2) is 23.2 Å².